The number of nitrogens with zero attached hydrogens (tertiary/aromatic N) is 1. The van der Waals surface area contributed by atoms with Gasteiger partial charge in [0.2, 0.25) is 0 Å². The predicted octanol–water partition coefficient (Wildman–Crippen LogP) is 4.42. The number of non-ortho nitro benzene ring substituents is 1. The Kier molecular flexibility index (Phi) is 5.52. The molecule has 1 atom stereocenters. The summed E-state index contributed by atoms with van der Waals surface area (Å²) in [6.45, 7) is 13.7. The minimum atomic E-state index is -1.76. The summed E-state index contributed by atoms with van der Waals surface area (Å²) in [5, 5.41) is 14.2. The zero-order valence-electron chi connectivity index (χ0n) is 13.8. The first kappa shape index (κ1) is 17.6. The number of benzene rings is 1. The molecule has 0 aromatic heterocycles. The van der Waals surface area contributed by atoms with Crippen LogP contribution in [0, 0.1) is 10.1 Å². The van der Waals surface area contributed by atoms with Crippen LogP contribution >= 0.6 is 0 Å². The van der Waals surface area contributed by atoms with Crippen molar-refractivity contribution in [3.8, 4) is 0 Å². The van der Waals surface area contributed by atoms with Gasteiger partial charge in [-0.3, -0.25) is 10.1 Å². The maximum absolute atomic E-state index is 10.8. The van der Waals surface area contributed by atoms with E-state index in [1.165, 1.54) is 6.07 Å². The molecule has 0 amide bonds. The van der Waals surface area contributed by atoms with E-state index < -0.39 is 8.32 Å². The summed E-state index contributed by atoms with van der Waals surface area (Å²) in [6.07, 6.45) is 0. The topological polar surface area (TPSA) is 64.4 Å². The van der Waals surface area contributed by atoms with Gasteiger partial charge < -0.3 is 9.74 Å². The molecule has 0 aliphatic rings. The number of hydrogen-bond donors (Lipinski definition) is 1. The van der Waals surface area contributed by atoms with Crippen molar-refractivity contribution in [1.29, 1.82) is 0 Å². The summed E-state index contributed by atoms with van der Waals surface area (Å²) in [4.78, 5) is 10.4. The maximum atomic E-state index is 10.8. The molecule has 1 aromatic rings. The van der Waals surface area contributed by atoms with Crippen molar-refractivity contribution in [2.24, 2.45) is 0 Å². The van der Waals surface area contributed by atoms with Crippen molar-refractivity contribution in [2.75, 3.05) is 11.9 Å². The van der Waals surface area contributed by atoms with Gasteiger partial charge in [0.1, 0.15) is 0 Å². The van der Waals surface area contributed by atoms with Crippen LogP contribution in [0.3, 0.4) is 0 Å². The zero-order chi connectivity index (χ0) is 16.3. The van der Waals surface area contributed by atoms with Crippen LogP contribution in [-0.4, -0.2) is 25.9 Å². The third-order valence-corrected chi connectivity index (χ3v) is 8.47. The molecule has 0 saturated heterocycles. The van der Waals surface area contributed by atoms with Gasteiger partial charge in [0.15, 0.2) is 8.32 Å². The van der Waals surface area contributed by atoms with E-state index in [9.17, 15) is 10.1 Å². The van der Waals surface area contributed by atoms with E-state index in [1.54, 1.807) is 12.1 Å². The van der Waals surface area contributed by atoms with Crippen molar-refractivity contribution in [1.82, 2.24) is 0 Å². The van der Waals surface area contributed by atoms with E-state index in [-0.39, 0.29) is 21.7 Å². The van der Waals surface area contributed by atoms with Crippen molar-refractivity contribution in [3.05, 3.63) is 34.4 Å². The minimum Gasteiger partial charge on any atom is -0.415 e. The molecule has 1 rings (SSSR count). The molecule has 21 heavy (non-hydrogen) atoms. The second-order valence-electron chi connectivity index (χ2n) is 6.92. The molecule has 5 nitrogen and oxygen atoms in total. The third kappa shape index (κ3) is 5.13. The smallest absolute Gasteiger partial charge is 0.271 e. The Bertz CT molecular complexity index is 498. The molecule has 1 N–H and O–H groups in total. The zero-order valence-corrected chi connectivity index (χ0v) is 14.8. The lowest BCUT2D eigenvalue weighted by Gasteiger charge is -2.37. The molecule has 0 unspecified atom stereocenters. The lowest BCUT2D eigenvalue weighted by atomic mass is 10.2. The van der Waals surface area contributed by atoms with Gasteiger partial charge in [-0.25, -0.2) is 0 Å². The highest BCUT2D eigenvalue weighted by molar-refractivity contribution is 6.74. The monoisotopic (exact) mass is 310 g/mol. The first-order valence-corrected chi connectivity index (χ1v) is 10.1. The molecule has 0 fully saturated rings. The standard InChI is InChI=1S/C15H26N2O3Si/c1-12(11-20-21(5,6)15(2,3)4)16-13-8-7-9-14(10-13)17(18)19/h7-10,12,16H,11H2,1-6H3/t12-/m0/s1. The Hall–Kier alpha value is -1.40. The summed E-state index contributed by atoms with van der Waals surface area (Å²) in [5.41, 5.74) is 0.841. The fourth-order valence-corrected chi connectivity index (χ4v) is 2.68. The SMILES string of the molecule is C[C@@H](CO[Si](C)(C)C(C)(C)C)Nc1cccc([N+](=O)[O-])c1. The van der Waals surface area contributed by atoms with Crippen LogP contribution in [-0.2, 0) is 4.43 Å². The van der Waals surface area contributed by atoms with E-state index in [4.69, 9.17) is 4.43 Å². The minimum absolute atomic E-state index is 0.0949. The Labute approximate surface area is 128 Å². The molecular weight excluding hydrogens is 284 g/mol. The average molecular weight is 310 g/mol. The molecule has 6 heteroatoms. The molecule has 0 aliphatic carbocycles. The van der Waals surface area contributed by atoms with Crippen LogP contribution in [0.25, 0.3) is 0 Å². The third-order valence-electron chi connectivity index (χ3n) is 3.97. The van der Waals surface area contributed by atoms with Crippen molar-refractivity contribution in [2.45, 2.75) is 51.9 Å². The quantitative estimate of drug-likeness (QED) is 0.480. The Morgan fingerprint density at radius 3 is 2.52 bits per heavy atom. The highest BCUT2D eigenvalue weighted by Gasteiger charge is 2.37. The number of nitro benzene ring substituents is 1. The van der Waals surface area contributed by atoms with E-state index in [1.807, 2.05) is 13.0 Å². The number of hydrogen-bond acceptors (Lipinski definition) is 4. The first-order chi connectivity index (χ1) is 9.53. The maximum Gasteiger partial charge on any atom is 0.271 e. The number of nitrogens with one attached hydrogen (secondary N) is 1. The molecule has 0 radical (unpaired) electrons. The van der Waals surface area contributed by atoms with Gasteiger partial charge in [0.25, 0.3) is 5.69 Å². The van der Waals surface area contributed by atoms with E-state index >= 15 is 0 Å². The van der Waals surface area contributed by atoms with Gasteiger partial charge in [-0.05, 0) is 31.1 Å². The second-order valence-corrected chi connectivity index (χ2v) is 11.7. The van der Waals surface area contributed by atoms with E-state index in [2.05, 4.69) is 39.2 Å². The number of anilines is 1. The molecule has 118 valence electrons. The van der Waals surface area contributed by atoms with E-state index in [0.29, 0.717) is 6.61 Å². The molecule has 0 aliphatic heterocycles. The van der Waals surface area contributed by atoms with Crippen molar-refractivity contribution in [3.63, 3.8) is 0 Å². The molecule has 0 heterocycles. The highest BCUT2D eigenvalue weighted by Crippen LogP contribution is 2.36. The normalized spacial score (nSPS) is 13.8. The lowest BCUT2D eigenvalue weighted by Crippen LogP contribution is -2.43. The van der Waals surface area contributed by atoms with Crippen LogP contribution in [0.5, 0.6) is 0 Å². The van der Waals surface area contributed by atoms with Crippen LogP contribution in [0.2, 0.25) is 18.1 Å². The summed E-state index contributed by atoms with van der Waals surface area (Å²) >= 11 is 0. The molecule has 0 spiro atoms. The Morgan fingerprint density at radius 1 is 1.38 bits per heavy atom. The first-order valence-electron chi connectivity index (χ1n) is 7.18. The summed E-state index contributed by atoms with van der Waals surface area (Å²) in [5.74, 6) is 0. The molecule has 0 bridgehead atoms. The van der Waals surface area contributed by atoms with Crippen molar-refractivity contribution < 1.29 is 9.35 Å². The van der Waals surface area contributed by atoms with Gasteiger partial charge in [0, 0.05) is 23.9 Å². The van der Waals surface area contributed by atoms with Gasteiger partial charge in [-0.1, -0.05) is 26.8 Å². The van der Waals surface area contributed by atoms with Crippen LogP contribution in [0.1, 0.15) is 27.7 Å². The van der Waals surface area contributed by atoms with Gasteiger partial charge in [-0.15, -0.1) is 0 Å². The summed E-state index contributed by atoms with van der Waals surface area (Å²) in [6, 6.07) is 6.64. The predicted molar refractivity (Wildman–Crippen MR) is 89.3 cm³/mol. The van der Waals surface area contributed by atoms with Crippen LogP contribution in [0.4, 0.5) is 11.4 Å². The summed E-state index contributed by atoms with van der Waals surface area (Å²) < 4.78 is 6.15. The molecule has 0 saturated carbocycles. The Morgan fingerprint density at radius 2 is 2.00 bits per heavy atom. The van der Waals surface area contributed by atoms with E-state index in [0.717, 1.165) is 5.69 Å². The van der Waals surface area contributed by atoms with Crippen LogP contribution < -0.4 is 5.32 Å². The fraction of sp³-hybridized carbons (Fsp3) is 0.600. The van der Waals surface area contributed by atoms with Gasteiger partial charge >= 0.3 is 0 Å². The average Bonchev–Trinajstić information content (AvgIpc) is 2.35. The largest absolute Gasteiger partial charge is 0.415 e. The fourth-order valence-electron chi connectivity index (χ4n) is 1.59. The summed E-state index contributed by atoms with van der Waals surface area (Å²) in [7, 11) is -1.76. The molecular formula is C15H26N2O3Si. The lowest BCUT2D eigenvalue weighted by molar-refractivity contribution is -0.384. The highest BCUT2D eigenvalue weighted by atomic mass is 28.4. The van der Waals surface area contributed by atoms with Crippen molar-refractivity contribution >= 4 is 19.7 Å². The Balaban J connectivity index is 2.60. The second kappa shape index (κ2) is 6.57. The number of rotatable bonds is 6. The molecule has 1 aromatic carbocycles. The van der Waals surface area contributed by atoms with Crippen LogP contribution in [0.15, 0.2) is 24.3 Å². The van der Waals surface area contributed by atoms with Gasteiger partial charge in [0.05, 0.1) is 11.5 Å². The number of nitro groups is 1. The van der Waals surface area contributed by atoms with Gasteiger partial charge in [-0.2, -0.15) is 0 Å².